The first-order valence-corrected chi connectivity index (χ1v) is 6.33. The zero-order chi connectivity index (χ0) is 15.1. The highest BCUT2D eigenvalue weighted by atomic mass is 19.1. The molecule has 1 aliphatic rings. The minimum Gasteiger partial charge on any atom is -0.396 e. The summed E-state index contributed by atoms with van der Waals surface area (Å²) in [6.07, 6.45) is 0.507. The maximum Gasteiger partial charge on any atom is 0.264 e. The van der Waals surface area contributed by atoms with E-state index in [-0.39, 0.29) is 12.2 Å². The van der Waals surface area contributed by atoms with Crippen molar-refractivity contribution in [3.63, 3.8) is 0 Å². The molecule has 0 aromatic heterocycles. The summed E-state index contributed by atoms with van der Waals surface area (Å²) < 4.78 is 41.0. The molecule has 0 spiro atoms. The molecule has 0 radical (unpaired) electrons. The molecule has 3 rings (SSSR count). The van der Waals surface area contributed by atoms with Crippen LogP contribution in [0.1, 0.15) is 15.9 Å². The number of hydrogen-bond donors (Lipinski definition) is 1. The van der Waals surface area contributed by atoms with E-state index in [9.17, 15) is 18.0 Å². The molecule has 1 amide bonds. The fourth-order valence-electron chi connectivity index (χ4n) is 2.46. The van der Waals surface area contributed by atoms with Crippen LogP contribution in [0.25, 0.3) is 0 Å². The first kappa shape index (κ1) is 13.5. The summed E-state index contributed by atoms with van der Waals surface area (Å²) in [5.74, 6) is -3.45. The topological polar surface area (TPSA) is 46.3 Å². The van der Waals surface area contributed by atoms with E-state index in [1.165, 1.54) is 17.0 Å². The Kier molecular flexibility index (Phi) is 3.08. The van der Waals surface area contributed by atoms with Crippen LogP contribution in [0.2, 0.25) is 0 Å². The maximum atomic E-state index is 13.9. The lowest BCUT2D eigenvalue weighted by Gasteiger charge is -2.18. The van der Waals surface area contributed by atoms with Crippen molar-refractivity contribution in [3.05, 3.63) is 58.9 Å². The molecule has 6 heteroatoms. The predicted molar refractivity (Wildman–Crippen MR) is 72.6 cm³/mol. The molecular weight excluding hydrogens is 281 g/mol. The van der Waals surface area contributed by atoms with Crippen molar-refractivity contribution in [1.29, 1.82) is 0 Å². The van der Waals surface area contributed by atoms with E-state index in [2.05, 4.69) is 0 Å². The standard InChI is InChI=1S/C15H11F3N2O/c16-9-2-1-8-5-6-20(12(8)7-9)15(21)13-10(17)3-4-11(19)14(13)18/h1-4,7H,5-6,19H2. The van der Waals surface area contributed by atoms with Gasteiger partial charge in [-0.25, -0.2) is 13.2 Å². The number of nitrogens with zero attached hydrogens (tertiary/aromatic N) is 1. The Hall–Kier alpha value is -2.50. The minimum atomic E-state index is -1.09. The van der Waals surface area contributed by atoms with Gasteiger partial charge in [0.05, 0.1) is 11.4 Å². The van der Waals surface area contributed by atoms with Gasteiger partial charge in [-0.2, -0.15) is 0 Å². The van der Waals surface area contributed by atoms with Crippen LogP contribution in [-0.2, 0) is 6.42 Å². The molecular formula is C15H11F3N2O. The smallest absolute Gasteiger partial charge is 0.264 e. The number of carbonyl (C=O) groups excluding carboxylic acids is 1. The first-order valence-electron chi connectivity index (χ1n) is 6.33. The molecule has 0 aliphatic carbocycles. The fraction of sp³-hybridized carbons (Fsp3) is 0.133. The molecule has 0 saturated carbocycles. The van der Waals surface area contributed by atoms with Crippen molar-refractivity contribution in [3.8, 4) is 0 Å². The fourth-order valence-corrected chi connectivity index (χ4v) is 2.46. The van der Waals surface area contributed by atoms with Gasteiger partial charge in [0.15, 0.2) is 5.82 Å². The lowest BCUT2D eigenvalue weighted by Crippen LogP contribution is -2.30. The third-order valence-electron chi connectivity index (χ3n) is 3.52. The Balaban J connectivity index is 2.07. The van der Waals surface area contributed by atoms with Crippen molar-refractivity contribution in [1.82, 2.24) is 0 Å². The second-order valence-electron chi connectivity index (χ2n) is 4.81. The second-order valence-corrected chi connectivity index (χ2v) is 4.81. The van der Waals surface area contributed by atoms with E-state index in [1.807, 2.05) is 0 Å². The molecule has 2 aromatic carbocycles. The zero-order valence-corrected chi connectivity index (χ0v) is 10.9. The third-order valence-corrected chi connectivity index (χ3v) is 3.52. The SMILES string of the molecule is Nc1ccc(F)c(C(=O)N2CCc3ccc(F)cc32)c1F. The van der Waals surface area contributed by atoms with E-state index >= 15 is 0 Å². The van der Waals surface area contributed by atoms with Gasteiger partial charge < -0.3 is 10.6 Å². The van der Waals surface area contributed by atoms with Gasteiger partial charge in [0, 0.05) is 6.54 Å². The van der Waals surface area contributed by atoms with Crippen LogP contribution in [0, 0.1) is 17.5 Å². The maximum absolute atomic E-state index is 13.9. The van der Waals surface area contributed by atoms with Gasteiger partial charge in [-0.05, 0) is 36.2 Å². The summed E-state index contributed by atoms with van der Waals surface area (Å²) in [6, 6.07) is 6.02. The largest absolute Gasteiger partial charge is 0.396 e. The van der Waals surface area contributed by atoms with Gasteiger partial charge in [0.25, 0.3) is 5.91 Å². The average molecular weight is 292 g/mol. The number of amides is 1. The average Bonchev–Trinajstić information content (AvgIpc) is 2.86. The van der Waals surface area contributed by atoms with Crippen LogP contribution in [0.5, 0.6) is 0 Å². The molecule has 0 fully saturated rings. The van der Waals surface area contributed by atoms with Gasteiger partial charge in [0.1, 0.15) is 17.2 Å². The number of benzene rings is 2. The number of anilines is 2. The lowest BCUT2D eigenvalue weighted by atomic mass is 10.1. The number of nitrogens with two attached hydrogens (primary N) is 1. The van der Waals surface area contributed by atoms with Gasteiger partial charge in [-0.15, -0.1) is 0 Å². The Labute approximate surface area is 118 Å². The van der Waals surface area contributed by atoms with E-state index in [4.69, 9.17) is 5.73 Å². The van der Waals surface area contributed by atoms with Gasteiger partial charge in [-0.3, -0.25) is 4.79 Å². The minimum absolute atomic E-state index is 0.241. The van der Waals surface area contributed by atoms with Crippen LogP contribution in [0.15, 0.2) is 30.3 Å². The molecule has 108 valence electrons. The lowest BCUT2D eigenvalue weighted by molar-refractivity contribution is 0.0981. The number of nitrogen functional groups attached to an aromatic ring is 1. The molecule has 1 aliphatic heterocycles. The Bertz CT molecular complexity index is 746. The molecule has 0 saturated heterocycles. The van der Waals surface area contributed by atoms with Gasteiger partial charge in [0.2, 0.25) is 0 Å². The highest BCUT2D eigenvalue weighted by Gasteiger charge is 2.30. The van der Waals surface area contributed by atoms with Crippen LogP contribution >= 0.6 is 0 Å². The number of fused-ring (bicyclic) bond motifs is 1. The van der Waals surface area contributed by atoms with Crippen molar-refractivity contribution in [2.24, 2.45) is 0 Å². The van der Waals surface area contributed by atoms with Crippen LogP contribution in [-0.4, -0.2) is 12.5 Å². The molecule has 1 heterocycles. The van der Waals surface area contributed by atoms with Crippen molar-refractivity contribution in [2.75, 3.05) is 17.2 Å². The summed E-state index contributed by atoms with van der Waals surface area (Å²) in [5, 5.41) is 0. The van der Waals surface area contributed by atoms with Crippen LogP contribution in [0.4, 0.5) is 24.5 Å². The predicted octanol–water partition coefficient (Wildman–Crippen LogP) is 2.89. The van der Waals surface area contributed by atoms with Crippen molar-refractivity contribution >= 4 is 17.3 Å². The van der Waals surface area contributed by atoms with Crippen LogP contribution in [0.3, 0.4) is 0 Å². The molecule has 0 atom stereocenters. The first-order chi connectivity index (χ1) is 9.99. The number of hydrogen-bond acceptors (Lipinski definition) is 2. The third kappa shape index (κ3) is 2.12. The molecule has 2 aromatic rings. The molecule has 0 bridgehead atoms. The Morgan fingerprint density at radius 2 is 1.90 bits per heavy atom. The summed E-state index contributed by atoms with van der Waals surface area (Å²) in [4.78, 5) is 13.5. The van der Waals surface area contributed by atoms with E-state index in [0.29, 0.717) is 12.1 Å². The van der Waals surface area contributed by atoms with E-state index in [0.717, 1.165) is 17.7 Å². The summed E-state index contributed by atoms with van der Waals surface area (Å²) in [7, 11) is 0. The molecule has 0 unspecified atom stereocenters. The number of halogens is 3. The van der Waals surface area contributed by atoms with Crippen LogP contribution < -0.4 is 10.6 Å². The molecule has 3 nitrogen and oxygen atoms in total. The number of carbonyl (C=O) groups is 1. The second kappa shape index (κ2) is 4.80. The van der Waals surface area contributed by atoms with Gasteiger partial charge >= 0.3 is 0 Å². The summed E-state index contributed by atoms with van der Waals surface area (Å²) in [6.45, 7) is 0.241. The number of rotatable bonds is 1. The Morgan fingerprint density at radius 3 is 2.67 bits per heavy atom. The Morgan fingerprint density at radius 1 is 1.14 bits per heavy atom. The van der Waals surface area contributed by atoms with Crippen molar-refractivity contribution < 1.29 is 18.0 Å². The zero-order valence-electron chi connectivity index (χ0n) is 10.9. The van der Waals surface area contributed by atoms with Gasteiger partial charge in [-0.1, -0.05) is 6.07 Å². The normalized spacial score (nSPS) is 13.4. The summed E-state index contributed by atoms with van der Waals surface area (Å²) >= 11 is 0. The van der Waals surface area contributed by atoms with Crippen molar-refractivity contribution in [2.45, 2.75) is 6.42 Å². The molecule has 2 N–H and O–H groups in total. The monoisotopic (exact) mass is 292 g/mol. The van der Waals surface area contributed by atoms with E-state index in [1.54, 1.807) is 6.07 Å². The summed E-state index contributed by atoms with van der Waals surface area (Å²) in [5.41, 5.74) is 5.44. The van der Waals surface area contributed by atoms with E-state index < -0.39 is 28.9 Å². The highest BCUT2D eigenvalue weighted by Crippen LogP contribution is 2.31. The quantitative estimate of drug-likeness (QED) is 0.821. The highest BCUT2D eigenvalue weighted by molar-refractivity contribution is 6.08. The molecule has 21 heavy (non-hydrogen) atoms.